The molecule has 1 aliphatic rings. The van der Waals surface area contributed by atoms with Crippen molar-refractivity contribution in [2.24, 2.45) is 0 Å². The fraction of sp³-hybridized carbons (Fsp3) is 0.238. The molecule has 0 radical (unpaired) electrons. The lowest BCUT2D eigenvalue weighted by Gasteiger charge is -2.25. The number of benzene rings is 2. The minimum Gasteiger partial charge on any atom is -0.497 e. The van der Waals surface area contributed by atoms with Crippen molar-refractivity contribution in [1.82, 2.24) is 4.57 Å². The Morgan fingerprint density at radius 3 is 2.35 bits per heavy atom. The molecule has 1 atom stereocenters. The average molecular weight is 350 g/mol. The zero-order chi connectivity index (χ0) is 17.9. The lowest BCUT2D eigenvalue weighted by molar-refractivity contribution is 0.114. The second-order valence-corrected chi connectivity index (χ2v) is 6.17. The molecule has 4 rings (SSSR count). The Morgan fingerprint density at radius 2 is 1.62 bits per heavy atom. The summed E-state index contributed by atoms with van der Waals surface area (Å²) < 4.78 is 18.8. The molecule has 1 fully saturated rings. The van der Waals surface area contributed by atoms with Crippen LogP contribution in [0.15, 0.2) is 67.0 Å². The lowest BCUT2D eigenvalue weighted by atomic mass is 10.2. The highest BCUT2D eigenvalue weighted by Crippen LogP contribution is 2.34. The van der Waals surface area contributed by atoms with Crippen molar-refractivity contribution >= 4 is 5.69 Å². The Bertz CT molecular complexity index is 890. The molecule has 2 aromatic carbocycles. The summed E-state index contributed by atoms with van der Waals surface area (Å²) in [4.78, 5) is 2.26. The molecular weight excluding hydrogens is 328 g/mol. The van der Waals surface area contributed by atoms with E-state index in [9.17, 15) is 0 Å². The average Bonchev–Trinajstić information content (AvgIpc) is 3.37. The van der Waals surface area contributed by atoms with Gasteiger partial charge in [-0.25, -0.2) is 0 Å². The number of nitrogens with zero attached hydrogens (tertiary/aromatic N) is 2. The minimum absolute atomic E-state index is 0.103. The van der Waals surface area contributed by atoms with Crippen LogP contribution in [0.2, 0.25) is 0 Å². The van der Waals surface area contributed by atoms with Gasteiger partial charge < -0.3 is 23.7 Å². The smallest absolute Gasteiger partial charge is 0.158 e. The van der Waals surface area contributed by atoms with Gasteiger partial charge in [-0.1, -0.05) is 12.1 Å². The topological polar surface area (TPSA) is 35.9 Å². The molecule has 1 saturated heterocycles. The summed E-state index contributed by atoms with van der Waals surface area (Å²) in [6.07, 6.45) is 4.06. The van der Waals surface area contributed by atoms with E-state index >= 15 is 0 Å². The van der Waals surface area contributed by atoms with E-state index in [1.165, 1.54) is 0 Å². The third-order valence-electron chi connectivity index (χ3n) is 4.63. The molecule has 0 saturated carbocycles. The van der Waals surface area contributed by atoms with Crippen LogP contribution < -0.4 is 14.4 Å². The molecule has 0 N–H and O–H groups in total. The number of anilines is 1. The van der Waals surface area contributed by atoms with Gasteiger partial charge in [0.1, 0.15) is 11.5 Å². The van der Waals surface area contributed by atoms with Crippen LogP contribution >= 0.6 is 0 Å². The molecule has 26 heavy (non-hydrogen) atoms. The number of methoxy groups -OCH3 is 2. The van der Waals surface area contributed by atoms with Crippen LogP contribution in [-0.4, -0.2) is 31.9 Å². The van der Waals surface area contributed by atoms with Crippen molar-refractivity contribution < 1.29 is 14.2 Å². The molecule has 0 amide bonds. The van der Waals surface area contributed by atoms with Gasteiger partial charge in [-0.2, -0.15) is 0 Å². The zero-order valence-corrected chi connectivity index (χ0v) is 15.0. The Labute approximate surface area is 153 Å². The quantitative estimate of drug-likeness (QED) is 0.696. The molecule has 3 aromatic rings. The molecule has 0 spiro atoms. The van der Waals surface area contributed by atoms with E-state index in [2.05, 4.69) is 40.1 Å². The van der Waals surface area contributed by atoms with Crippen molar-refractivity contribution in [2.45, 2.75) is 6.23 Å². The van der Waals surface area contributed by atoms with E-state index in [1.807, 2.05) is 36.4 Å². The molecule has 0 bridgehead atoms. The number of ether oxygens (including phenoxy) is 3. The standard InChI is InChI=1S/C21H22N2O3/c1-24-19-7-3-5-17(13-19)22-10-9-16(15-22)21-23(11-12-26-21)18-6-4-8-20(14-18)25-2/h3-10,13-15,21H,11-12H2,1-2H3/t21-/m0/s1. The molecular formula is C21H22N2O3. The van der Waals surface area contributed by atoms with Gasteiger partial charge in [-0.05, 0) is 30.3 Å². The van der Waals surface area contributed by atoms with Crippen LogP contribution in [-0.2, 0) is 4.74 Å². The Balaban J connectivity index is 1.61. The number of hydrogen-bond acceptors (Lipinski definition) is 4. The summed E-state index contributed by atoms with van der Waals surface area (Å²) in [5.74, 6) is 1.69. The summed E-state index contributed by atoms with van der Waals surface area (Å²) in [5, 5.41) is 0. The van der Waals surface area contributed by atoms with Gasteiger partial charge in [-0.3, -0.25) is 0 Å². The molecule has 0 unspecified atom stereocenters. The maximum atomic E-state index is 6.02. The predicted octanol–water partition coefficient (Wildman–Crippen LogP) is 4.03. The summed E-state index contributed by atoms with van der Waals surface area (Å²) in [7, 11) is 3.36. The number of aromatic nitrogens is 1. The fourth-order valence-electron chi connectivity index (χ4n) is 3.29. The predicted molar refractivity (Wildman–Crippen MR) is 101 cm³/mol. The monoisotopic (exact) mass is 350 g/mol. The fourth-order valence-corrected chi connectivity index (χ4v) is 3.29. The molecule has 1 aliphatic heterocycles. The van der Waals surface area contributed by atoms with Crippen LogP contribution in [0.1, 0.15) is 11.8 Å². The van der Waals surface area contributed by atoms with Gasteiger partial charge in [-0.15, -0.1) is 0 Å². The molecule has 5 heteroatoms. The third kappa shape index (κ3) is 3.13. The normalized spacial score (nSPS) is 16.7. The molecule has 134 valence electrons. The molecule has 2 heterocycles. The largest absolute Gasteiger partial charge is 0.497 e. The van der Waals surface area contributed by atoms with Gasteiger partial charge in [0.25, 0.3) is 0 Å². The first kappa shape index (κ1) is 16.5. The highest BCUT2D eigenvalue weighted by atomic mass is 16.5. The summed E-state index contributed by atoms with van der Waals surface area (Å²) in [6.45, 7) is 1.55. The summed E-state index contributed by atoms with van der Waals surface area (Å²) in [5.41, 5.74) is 3.27. The van der Waals surface area contributed by atoms with Crippen LogP contribution in [0.25, 0.3) is 5.69 Å². The van der Waals surface area contributed by atoms with Crippen molar-refractivity contribution in [3.63, 3.8) is 0 Å². The van der Waals surface area contributed by atoms with E-state index in [0.717, 1.165) is 35.0 Å². The summed E-state index contributed by atoms with van der Waals surface area (Å²) in [6, 6.07) is 18.2. The first-order valence-corrected chi connectivity index (χ1v) is 8.63. The van der Waals surface area contributed by atoms with Gasteiger partial charge in [0.05, 0.1) is 20.8 Å². The molecule has 5 nitrogen and oxygen atoms in total. The Kier molecular flexibility index (Phi) is 4.54. The second-order valence-electron chi connectivity index (χ2n) is 6.17. The van der Waals surface area contributed by atoms with Crippen LogP contribution in [0.5, 0.6) is 11.5 Å². The maximum Gasteiger partial charge on any atom is 0.158 e. The third-order valence-corrected chi connectivity index (χ3v) is 4.63. The summed E-state index contributed by atoms with van der Waals surface area (Å²) >= 11 is 0. The number of rotatable bonds is 5. The first-order chi connectivity index (χ1) is 12.8. The Morgan fingerprint density at radius 1 is 0.923 bits per heavy atom. The van der Waals surface area contributed by atoms with Crippen molar-refractivity contribution in [1.29, 1.82) is 0 Å². The van der Waals surface area contributed by atoms with E-state index in [-0.39, 0.29) is 6.23 Å². The molecule has 0 aliphatic carbocycles. The van der Waals surface area contributed by atoms with Gasteiger partial charge >= 0.3 is 0 Å². The van der Waals surface area contributed by atoms with Crippen LogP contribution in [0, 0.1) is 0 Å². The lowest BCUT2D eigenvalue weighted by Crippen LogP contribution is -2.22. The SMILES string of the molecule is COc1cccc(N2CCO[C@H]2c2ccn(-c3cccc(OC)c3)c2)c1. The van der Waals surface area contributed by atoms with E-state index in [1.54, 1.807) is 14.2 Å². The minimum atomic E-state index is -0.103. The number of hydrogen-bond donors (Lipinski definition) is 0. The second kappa shape index (κ2) is 7.14. The highest BCUT2D eigenvalue weighted by Gasteiger charge is 2.28. The van der Waals surface area contributed by atoms with Crippen molar-refractivity contribution in [3.05, 3.63) is 72.6 Å². The molecule has 1 aromatic heterocycles. The van der Waals surface area contributed by atoms with E-state index in [0.29, 0.717) is 6.61 Å². The van der Waals surface area contributed by atoms with E-state index in [4.69, 9.17) is 14.2 Å². The maximum absolute atomic E-state index is 6.02. The Hall–Kier alpha value is -2.92. The van der Waals surface area contributed by atoms with E-state index < -0.39 is 0 Å². The first-order valence-electron chi connectivity index (χ1n) is 8.63. The van der Waals surface area contributed by atoms with Gasteiger partial charge in [0.2, 0.25) is 0 Å². The zero-order valence-electron chi connectivity index (χ0n) is 15.0. The van der Waals surface area contributed by atoms with Gasteiger partial charge in [0.15, 0.2) is 6.23 Å². The van der Waals surface area contributed by atoms with Crippen LogP contribution in [0.3, 0.4) is 0 Å². The van der Waals surface area contributed by atoms with Crippen molar-refractivity contribution in [2.75, 3.05) is 32.3 Å². The van der Waals surface area contributed by atoms with Crippen LogP contribution in [0.4, 0.5) is 5.69 Å². The van der Waals surface area contributed by atoms with Crippen molar-refractivity contribution in [3.8, 4) is 17.2 Å². The highest BCUT2D eigenvalue weighted by molar-refractivity contribution is 5.53. The van der Waals surface area contributed by atoms with Gasteiger partial charge in [0, 0.05) is 48.0 Å².